The molecule has 0 atom stereocenters. The lowest BCUT2D eigenvalue weighted by Crippen LogP contribution is -2.16. The fraction of sp³-hybridized carbons (Fsp3) is 0.286. The Morgan fingerprint density at radius 2 is 2.23 bits per heavy atom. The molecule has 0 aliphatic heterocycles. The molecule has 8 heteroatoms. The minimum atomic E-state index is -0.693. The van der Waals surface area contributed by atoms with Crippen LogP contribution in [0.3, 0.4) is 0 Å². The van der Waals surface area contributed by atoms with Crippen LogP contribution < -0.4 is 5.76 Å². The van der Waals surface area contributed by atoms with Crippen molar-refractivity contribution in [2.45, 2.75) is 20.4 Å². The number of esters is 1. The second kappa shape index (κ2) is 5.47. The second-order valence-corrected chi connectivity index (χ2v) is 4.66. The molecular weight excluding hydrogens is 290 g/mol. The highest BCUT2D eigenvalue weighted by Crippen LogP contribution is 2.15. The topological polar surface area (TPSA) is 100 Å². The van der Waals surface area contributed by atoms with Crippen LogP contribution in [0, 0.1) is 6.92 Å². The average molecular weight is 303 g/mol. The predicted octanol–water partition coefficient (Wildman–Crippen LogP) is 1.51. The van der Waals surface area contributed by atoms with Gasteiger partial charge < -0.3 is 13.7 Å². The van der Waals surface area contributed by atoms with Gasteiger partial charge in [0.1, 0.15) is 0 Å². The standard InChI is InChI=1S/C14H13N3O5/c1-3-20-13(18)12-15-11(16-22-12)7-17-9-6-8(2)4-5-10(9)21-14(17)19/h4-6H,3,7H2,1-2H3. The van der Waals surface area contributed by atoms with Crippen LogP contribution in [0.4, 0.5) is 0 Å². The van der Waals surface area contributed by atoms with E-state index in [9.17, 15) is 9.59 Å². The van der Waals surface area contributed by atoms with E-state index in [1.807, 2.05) is 19.1 Å². The largest absolute Gasteiger partial charge is 0.459 e. The number of benzene rings is 1. The van der Waals surface area contributed by atoms with E-state index in [-0.39, 0.29) is 24.9 Å². The van der Waals surface area contributed by atoms with Gasteiger partial charge in [-0.05, 0) is 31.5 Å². The maximum absolute atomic E-state index is 11.9. The average Bonchev–Trinajstić information content (AvgIpc) is 3.06. The first-order valence-corrected chi connectivity index (χ1v) is 6.68. The van der Waals surface area contributed by atoms with Gasteiger partial charge in [-0.1, -0.05) is 11.2 Å². The summed E-state index contributed by atoms with van der Waals surface area (Å²) in [5.41, 5.74) is 2.10. The number of fused-ring (bicyclic) bond motifs is 1. The number of nitrogens with zero attached hydrogens (tertiary/aromatic N) is 3. The first kappa shape index (κ1) is 14.1. The van der Waals surface area contributed by atoms with E-state index in [0.29, 0.717) is 11.1 Å². The number of hydrogen-bond donors (Lipinski definition) is 0. The van der Waals surface area contributed by atoms with Crippen molar-refractivity contribution >= 4 is 17.1 Å². The Morgan fingerprint density at radius 3 is 3.00 bits per heavy atom. The molecule has 0 fully saturated rings. The number of carbonyl (C=O) groups excluding carboxylic acids is 1. The van der Waals surface area contributed by atoms with Gasteiger partial charge in [0.15, 0.2) is 11.4 Å². The van der Waals surface area contributed by atoms with Crippen LogP contribution in [-0.4, -0.2) is 27.3 Å². The molecule has 2 aromatic heterocycles. The Morgan fingerprint density at radius 1 is 1.41 bits per heavy atom. The molecule has 22 heavy (non-hydrogen) atoms. The molecule has 1 aromatic carbocycles. The van der Waals surface area contributed by atoms with Gasteiger partial charge in [0.05, 0.1) is 18.7 Å². The molecule has 0 unspecified atom stereocenters. The Balaban J connectivity index is 1.93. The first-order chi connectivity index (χ1) is 10.6. The monoisotopic (exact) mass is 303 g/mol. The Labute approximate surface area is 124 Å². The quantitative estimate of drug-likeness (QED) is 0.673. The molecule has 0 radical (unpaired) electrons. The van der Waals surface area contributed by atoms with Gasteiger partial charge >= 0.3 is 17.6 Å². The number of carbonyl (C=O) groups is 1. The second-order valence-electron chi connectivity index (χ2n) is 4.66. The lowest BCUT2D eigenvalue weighted by atomic mass is 10.2. The SMILES string of the molecule is CCOC(=O)c1nc(Cn2c(=O)oc3ccc(C)cc32)no1. The van der Waals surface area contributed by atoms with Crippen molar-refractivity contribution in [2.24, 2.45) is 0 Å². The van der Waals surface area contributed by atoms with Gasteiger partial charge in [0.2, 0.25) is 0 Å². The van der Waals surface area contributed by atoms with E-state index in [1.54, 1.807) is 13.0 Å². The van der Waals surface area contributed by atoms with Gasteiger partial charge in [0, 0.05) is 0 Å². The summed E-state index contributed by atoms with van der Waals surface area (Å²) in [6.45, 7) is 3.84. The highest BCUT2D eigenvalue weighted by Gasteiger charge is 2.18. The molecule has 0 aliphatic rings. The molecule has 3 aromatic rings. The zero-order chi connectivity index (χ0) is 15.7. The van der Waals surface area contributed by atoms with Crippen LogP contribution in [0.2, 0.25) is 0 Å². The molecule has 0 N–H and O–H groups in total. The molecule has 0 saturated heterocycles. The van der Waals surface area contributed by atoms with Gasteiger partial charge in [-0.15, -0.1) is 0 Å². The smallest absolute Gasteiger partial charge is 0.420 e. The van der Waals surface area contributed by atoms with Crippen LogP contribution in [0.5, 0.6) is 0 Å². The zero-order valence-electron chi connectivity index (χ0n) is 12.0. The number of oxazole rings is 1. The first-order valence-electron chi connectivity index (χ1n) is 6.68. The maximum Gasteiger partial charge on any atom is 0.420 e. The van der Waals surface area contributed by atoms with Gasteiger partial charge in [-0.3, -0.25) is 4.57 Å². The van der Waals surface area contributed by atoms with Crippen molar-refractivity contribution in [3.05, 3.63) is 46.0 Å². The molecule has 0 bridgehead atoms. The molecule has 2 heterocycles. The highest BCUT2D eigenvalue weighted by atomic mass is 16.6. The predicted molar refractivity (Wildman–Crippen MR) is 74.6 cm³/mol. The van der Waals surface area contributed by atoms with Crippen LogP contribution in [0.15, 0.2) is 31.9 Å². The summed E-state index contributed by atoms with van der Waals surface area (Å²) in [6.07, 6.45) is 0. The third kappa shape index (κ3) is 2.50. The van der Waals surface area contributed by atoms with Crippen LogP contribution in [0.1, 0.15) is 29.0 Å². The number of hydrogen-bond acceptors (Lipinski definition) is 7. The Bertz CT molecular complexity index is 889. The van der Waals surface area contributed by atoms with Crippen molar-refractivity contribution in [2.75, 3.05) is 6.61 Å². The third-order valence-corrected chi connectivity index (χ3v) is 3.04. The van der Waals surface area contributed by atoms with E-state index in [4.69, 9.17) is 13.7 Å². The van der Waals surface area contributed by atoms with Crippen LogP contribution in [0.25, 0.3) is 11.1 Å². The molecule has 0 amide bonds. The lowest BCUT2D eigenvalue weighted by Gasteiger charge is -1.98. The number of aromatic nitrogens is 3. The molecular formula is C14H13N3O5. The molecule has 0 spiro atoms. The highest BCUT2D eigenvalue weighted by molar-refractivity contribution is 5.84. The number of aryl methyl sites for hydroxylation is 1. The normalized spacial score (nSPS) is 11.0. The van der Waals surface area contributed by atoms with Crippen molar-refractivity contribution in [3.8, 4) is 0 Å². The maximum atomic E-state index is 11.9. The summed E-state index contributed by atoms with van der Waals surface area (Å²) < 4.78 is 16.1. The van der Waals surface area contributed by atoms with E-state index in [1.165, 1.54) is 4.57 Å². The summed E-state index contributed by atoms with van der Waals surface area (Å²) in [6, 6.07) is 5.40. The summed E-state index contributed by atoms with van der Waals surface area (Å²) in [5, 5.41) is 3.68. The van der Waals surface area contributed by atoms with Crippen molar-refractivity contribution in [1.82, 2.24) is 14.7 Å². The summed E-state index contributed by atoms with van der Waals surface area (Å²) in [4.78, 5) is 27.3. The molecule has 114 valence electrons. The summed E-state index contributed by atoms with van der Waals surface area (Å²) >= 11 is 0. The number of ether oxygens (including phenoxy) is 1. The van der Waals surface area contributed by atoms with Crippen molar-refractivity contribution in [3.63, 3.8) is 0 Å². The molecule has 0 saturated carbocycles. The van der Waals surface area contributed by atoms with Crippen LogP contribution in [-0.2, 0) is 11.3 Å². The lowest BCUT2D eigenvalue weighted by molar-refractivity contribution is 0.0470. The fourth-order valence-corrected chi connectivity index (χ4v) is 2.06. The van der Waals surface area contributed by atoms with E-state index < -0.39 is 11.7 Å². The van der Waals surface area contributed by atoms with Gasteiger partial charge in [0.25, 0.3) is 0 Å². The Hall–Kier alpha value is -2.90. The Kier molecular flexibility index (Phi) is 3.50. The summed E-state index contributed by atoms with van der Waals surface area (Å²) in [5.74, 6) is -1.27. The fourth-order valence-electron chi connectivity index (χ4n) is 2.06. The van der Waals surface area contributed by atoms with Gasteiger partial charge in [-0.25, -0.2) is 9.59 Å². The molecule has 3 rings (SSSR count). The summed E-state index contributed by atoms with van der Waals surface area (Å²) in [7, 11) is 0. The minimum absolute atomic E-state index is 0.0399. The van der Waals surface area contributed by atoms with Gasteiger partial charge in [-0.2, -0.15) is 4.98 Å². The van der Waals surface area contributed by atoms with Crippen LogP contribution >= 0.6 is 0 Å². The van der Waals surface area contributed by atoms with Crippen molar-refractivity contribution in [1.29, 1.82) is 0 Å². The van der Waals surface area contributed by atoms with E-state index in [2.05, 4.69) is 10.1 Å². The zero-order valence-corrected chi connectivity index (χ0v) is 12.0. The van der Waals surface area contributed by atoms with E-state index in [0.717, 1.165) is 5.56 Å². The molecule has 8 nitrogen and oxygen atoms in total. The third-order valence-electron chi connectivity index (χ3n) is 3.04. The minimum Gasteiger partial charge on any atom is -0.459 e. The molecule has 0 aliphatic carbocycles. The van der Waals surface area contributed by atoms with Crippen molar-refractivity contribution < 1.29 is 18.5 Å². The number of rotatable bonds is 4. The van der Waals surface area contributed by atoms with E-state index >= 15 is 0 Å².